The molecule has 0 fully saturated rings. The summed E-state index contributed by atoms with van der Waals surface area (Å²) in [5.41, 5.74) is 0.485. The summed E-state index contributed by atoms with van der Waals surface area (Å²) in [5, 5.41) is 31.8. The van der Waals surface area contributed by atoms with E-state index in [1.165, 1.54) is 6.07 Å². The van der Waals surface area contributed by atoms with Gasteiger partial charge in [0, 0.05) is 30.0 Å². The fourth-order valence-electron chi connectivity index (χ4n) is 1.90. The molecule has 0 aliphatic carbocycles. The molecule has 1 unspecified atom stereocenters. The lowest BCUT2D eigenvalue weighted by Crippen LogP contribution is -2.17. The van der Waals surface area contributed by atoms with Crippen LogP contribution < -0.4 is 5.32 Å². The van der Waals surface area contributed by atoms with Crippen molar-refractivity contribution < 1.29 is 19.9 Å². The summed E-state index contributed by atoms with van der Waals surface area (Å²) in [4.78, 5) is 21.4. The highest BCUT2D eigenvalue weighted by atomic mass is 16.6. The molecule has 0 aromatic heterocycles. The van der Waals surface area contributed by atoms with Crippen LogP contribution in [0.15, 0.2) is 12.1 Å². The van der Waals surface area contributed by atoms with Gasteiger partial charge < -0.3 is 15.5 Å². The maximum atomic E-state index is 11.0. The van der Waals surface area contributed by atoms with E-state index in [0.29, 0.717) is 24.1 Å². The van der Waals surface area contributed by atoms with E-state index < -0.39 is 10.9 Å². The van der Waals surface area contributed by atoms with Gasteiger partial charge in [-0.2, -0.15) is 0 Å². The molecule has 1 rings (SSSR count). The second-order valence-electron chi connectivity index (χ2n) is 4.64. The van der Waals surface area contributed by atoms with Crippen LogP contribution in [0.3, 0.4) is 0 Å². The number of nitrogens with one attached hydrogen (secondary N) is 1. The minimum absolute atomic E-state index is 0.0236. The fourth-order valence-corrected chi connectivity index (χ4v) is 1.90. The van der Waals surface area contributed by atoms with Crippen LogP contribution in [0.4, 0.5) is 11.4 Å². The van der Waals surface area contributed by atoms with Crippen molar-refractivity contribution >= 4 is 17.3 Å². The highest BCUT2D eigenvalue weighted by Crippen LogP contribution is 2.28. The van der Waals surface area contributed by atoms with Crippen LogP contribution >= 0.6 is 0 Å². The highest BCUT2D eigenvalue weighted by molar-refractivity contribution is 5.90. The number of hydrogen-bond donors (Lipinski definition) is 3. The third kappa shape index (κ3) is 3.92. The van der Waals surface area contributed by atoms with Gasteiger partial charge in [0.15, 0.2) is 0 Å². The van der Waals surface area contributed by atoms with Crippen LogP contribution in [0.1, 0.15) is 35.7 Å². The van der Waals surface area contributed by atoms with Crippen molar-refractivity contribution in [2.24, 2.45) is 0 Å². The lowest BCUT2D eigenvalue weighted by Gasteiger charge is -2.17. The number of hydrogen-bond acceptors (Lipinski definition) is 5. The summed E-state index contributed by atoms with van der Waals surface area (Å²) < 4.78 is 0. The topological polar surface area (TPSA) is 113 Å². The molecule has 0 saturated carbocycles. The van der Waals surface area contributed by atoms with Gasteiger partial charge in [0.25, 0.3) is 5.69 Å². The minimum atomic E-state index is -1.21. The third-order valence-corrected chi connectivity index (χ3v) is 3.02. The smallest absolute Gasteiger partial charge is 0.336 e. The first-order valence-corrected chi connectivity index (χ1v) is 6.26. The standard InChI is InChI=1S/C13H18N2O5/c1-8(4-3-5-16)14-11-6-10(13(17)18)7-12(9(11)2)15(19)20/h6-8,14,16H,3-5H2,1-2H3,(H,17,18). The van der Waals surface area contributed by atoms with Crippen LogP contribution in [0.25, 0.3) is 0 Å². The van der Waals surface area contributed by atoms with E-state index in [-0.39, 0.29) is 23.9 Å². The molecular weight excluding hydrogens is 264 g/mol. The molecule has 7 heteroatoms. The number of anilines is 1. The monoisotopic (exact) mass is 282 g/mol. The first kappa shape index (κ1) is 15.9. The number of aromatic carboxylic acids is 1. The molecule has 0 bridgehead atoms. The van der Waals surface area contributed by atoms with Gasteiger partial charge in [-0.05, 0) is 32.8 Å². The van der Waals surface area contributed by atoms with E-state index >= 15 is 0 Å². The molecule has 1 aromatic carbocycles. The van der Waals surface area contributed by atoms with Crippen molar-refractivity contribution in [1.29, 1.82) is 0 Å². The molecule has 0 aliphatic heterocycles. The van der Waals surface area contributed by atoms with Crippen LogP contribution in [0.2, 0.25) is 0 Å². The van der Waals surface area contributed by atoms with E-state index in [2.05, 4.69) is 5.32 Å². The number of rotatable bonds is 7. The number of nitrogens with zero attached hydrogens (tertiary/aromatic N) is 1. The molecule has 110 valence electrons. The molecule has 3 N–H and O–H groups in total. The van der Waals surface area contributed by atoms with E-state index in [9.17, 15) is 14.9 Å². The summed E-state index contributed by atoms with van der Waals surface area (Å²) in [6, 6.07) is 2.42. The van der Waals surface area contributed by atoms with E-state index in [0.717, 1.165) is 6.07 Å². The normalized spacial score (nSPS) is 11.9. The van der Waals surface area contributed by atoms with Crippen molar-refractivity contribution in [2.45, 2.75) is 32.7 Å². The lowest BCUT2D eigenvalue weighted by molar-refractivity contribution is -0.385. The fraction of sp³-hybridized carbons (Fsp3) is 0.462. The van der Waals surface area contributed by atoms with Crippen LogP contribution in [-0.4, -0.2) is 33.8 Å². The molecule has 20 heavy (non-hydrogen) atoms. The van der Waals surface area contributed by atoms with Crippen molar-refractivity contribution in [3.63, 3.8) is 0 Å². The summed E-state index contributed by atoms with van der Waals surface area (Å²) in [5.74, 6) is -1.21. The predicted octanol–water partition coefficient (Wildman–Crippen LogP) is 2.17. The van der Waals surface area contributed by atoms with Gasteiger partial charge in [0.2, 0.25) is 0 Å². The van der Waals surface area contributed by atoms with E-state index in [1.807, 2.05) is 6.92 Å². The zero-order valence-corrected chi connectivity index (χ0v) is 11.4. The molecule has 1 aromatic rings. The Morgan fingerprint density at radius 3 is 2.65 bits per heavy atom. The summed E-state index contributed by atoms with van der Waals surface area (Å²) in [7, 11) is 0. The number of nitro groups is 1. The average molecular weight is 282 g/mol. The maximum Gasteiger partial charge on any atom is 0.336 e. The molecule has 0 amide bonds. The molecular formula is C13H18N2O5. The van der Waals surface area contributed by atoms with Crippen molar-refractivity contribution in [3.8, 4) is 0 Å². The highest BCUT2D eigenvalue weighted by Gasteiger charge is 2.19. The zero-order chi connectivity index (χ0) is 15.3. The van der Waals surface area contributed by atoms with Gasteiger partial charge in [0.1, 0.15) is 0 Å². The lowest BCUT2D eigenvalue weighted by atomic mass is 10.1. The second-order valence-corrected chi connectivity index (χ2v) is 4.64. The number of carboxylic acid groups (broad SMARTS) is 1. The first-order chi connectivity index (χ1) is 9.36. The molecule has 0 saturated heterocycles. The molecule has 0 heterocycles. The number of carbonyl (C=O) groups is 1. The van der Waals surface area contributed by atoms with Crippen molar-refractivity contribution in [3.05, 3.63) is 33.4 Å². The van der Waals surface area contributed by atoms with Gasteiger partial charge in [0.05, 0.1) is 10.5 Å². The van der Waals surface area contributed by atoms with Crippen molar-refractivity contribution in [1.82, 2.24) is 0 Å². The minimum Gasteiger partial charge on any atom is -0.478 e. The summed E-state index contributed by atoms with van der Waals surface area (Å²) >= 11 is 0. The van der Waals surface area contributed by atoms with Crippen molar-refractivity contribution in [2.75, 3.05) is 11.9 Å². The summed E-state index contributed by atoms with van der Waals surface area (Å²) in [6.45, 7) is 3.51. The molecule has 1 atom stereocenters. The Hall–Kier alpha value is -2.15. The Morgan fingerprint density at radius 2 is 2.15 bits per heavy atom. The molecule has 7 nitrogen and oxygen atoms in total. The van der Waals surface area contributed by atoms with Gasteiger partial charge in [-0.25, -0.2) is 4.79 Å². The summed E-state index contributed by atoms with van der Waals surface area (Å²) in [6.07, 6.45) is 1.29. The first-order valence-electron chi connectivity index (χ1n) is 6.26. The molecule has 0 spiro atoms. The maximum absolute atomic E-state index is 11.0. The zero-order valence-electron chi connectivity index (χ0n) is 11.4. The van der Waals surface area contributed by atoms with Crippen LogP contribution in [0, 0.1) is 17.0 Å². The Balaban J connectivity index is 3.10. The SMILES string of the molecule is Cc1c(NC(C)CCCO)cc(C(=O)O)cc1[N+](=O)[O-]. The van der Waals surface area contributed by atoms with Crippen LogP contribution in [0.5, 0.6) is 0 Å². The van der Waals surface area contributed by atoms with Gasteiger partial charge in [-0.3, -0.25) is 10.1 Å². The molecule has 0 radical (unpaired) electrons. The Bertz CT molecular complexity index is 516. The van der Waals surface area contributed by atoms with Gasteiger partial charge >= 0.3 is 5.97 Å². The van der Waals surface area contributed by atoms with E-state index in [1.54, 1.807) is 6.92 Å². The number of aliphatic hydroxyl groups excluding tert-OH is 1. The Labute approximate surface area is 116 Å². The largest absolute Gasteiger partial charge is 0.478 e. The predicted molar refractivity (Wildman–Crippen MR) is 74.2 cm³/mol. The number of aliphatic hydroxyl groups is 1. The Kier molecular flexibility index (Phi) is 5.45. The van der Waals surface area contributed by atoms with Crippen LogP contribution in [-0.2, 0) is 0 Å². The second kappa shape index (κ2) is 6.85. The number of nitro benzene ring substituents is 1. The molecule has 0 aliphatic rings. The van der Waals surface area contributed by atoms with Gasteiger partial charge in [-0.1, -0.05) is 0 Å². The van der Waals surface area contributed by atoms with Gasteiger partial charge in [-0.15, -0.1) is 0 Å². The van der Waals surface area contributed by atoms with E-state index in [4.69, 9.17) is 10.2 Å². The third-order valence-electron chi connectivity index (χ3n) is 3.02. The quantitative estimate of drug-likeness (QED) is 0.522. The number of carboxylic acids is 1. The number of benzene rings is 1. The Morgan fingerprint density at radius 1 is 1.50 bits per heavy atom. The average Bonchev–Trinajstić information content (AvgIpc) is 2.38.